The number of amides is 1. The maximum atomic E-state index is 13.2. The number of carbonyl (C=O) groups excluding carboxylic acids is 3. The highest BCUT2D eigenvalue weighted by Gasteiger charge is 2.29. The van der Waals surface area contributed by atoms with E-state index in [-0.39, 0.29) is 37.6 Å². The molecule has 34 heavy (non-hydrogen) atoms. The highest BCUT2D eigenvalue weighted by atomic mass is 16.7. The maximum absolute atomic E-state index is 13.2. The molecule has 1 amide bonds. The Balaban J connectivity index is 1.62. The van der Waals surface area contributed by atoms with E-state index < -0.39 is 30.6 Å². The minimum absolute atomic E-state index is 0.0432. The zero-order valence-electron chi connectivity index (χ0n) is 18.8. The van der Waals surface area contributed by atoms with E-state index in [1.165, 1.54) is 36.7 Å². The summed E-state index contributed by atoms with van der Waals surface area (Å²) >= 11 is 0. The van der Waals surface area contributed by atoms with Crippen LogP contribution in [-0.4, -0.2) is 96.4 Å². The summed E-state index contributed by atoms with van der Waals surface area (Å²) in [7, 11) is 1.28. The second-order valence-electron chi connectivity index (χ2n) is 6.94. The van der Waals surface area contributed by atoms with E-state index in [4.69, 9.17) is 19.0 Å². The van der Waals surface area contributed by atoms with Crippen LogP contribution in [-0.2, 0) is 28.6 Å². The van der Waals surface area contributed by atoms with Crippen molar-refractivity contribution in [2.75, 3.05) is 46.6 Å². The third-order valence-electron chi connectivity index (χ3n) is 4.60. The van der Waals surface area contributed by atoms with Crippen molar-refractivity contribution in [2.45, 2.75) is 13.0 Å². The van der Waals surface area contributed by atoms with Crippen molar-refractivity contribution in [3.63, 3.8) is 0 Å². The van der Waals surface area contributed by atoms with Crippen LogP contribution in [0.3, 0.4) is 0 Å². The van der Waals surface area contributed by atoms with Crippen molar-refractivity contribution in [3.8, 4) is 5.75 Å². The molecule has 1 aliphatic heterocycles. The summed E-state index contributed by atoms with van der Waals surface area (Å²) in [5, 5.41) is 10.4. The second kappa shape index (κ2) is 12.3. The minimum atomic E-state index is -0.600. The molecule has 1 fully saturated rings. The predicted molar refractivity (Wildman–Crippen MR) is 115 cm³/mol. The molecule has 0 saturated carbocycles. The van der Waals surface area contributed by atoms with Gasteiger partial charge in [0.2, 0.25) is 6.61 Å². The molecule has 0 radical (unpaired) electrons. The molecule has 2 aromatic heterocycles. The number of H-pyrrole nitrogens is 1. The monoisotopic (exact) mass is 475 g/mol. The summed E-state index contributed by atoms with van der Waals surface area (Å²) in [6.45, 7) is 2.38. The minimum Gasteiger partial charge on any atom is -0.489 e. The standard InChI is InChI=1S/C21H25N5O8/c1-3-31-18(27)13-34-25-19(17-4-5-23-24-17)20(28)26-6-7-32-16(11-26)12-33-15-8-14(9-22-10-15)21(29)30-2/h4-5,8-10,16H,3,6-7,11-13H2,1-2H3,(H,23,24)/b25-19+. The zero-order chi connectivity index (χ0) is 24.3. The largest absolute Gasteiger partial charge is 0.489 e. The number of methoxy groups -OCH3 is 1. The molecule has 1 saturated heterocycles. The molecule has 0 bridgehead atoms. The van der Waals surface area contributed by atoms with E-state index in [2.05, 4.69) is 25.1 Å². The van der Waals surface area contributed by atoms with Gasteiger partial charge in [0.25, 0.3) is 5.91 Å². The van der Waals surface area contributed by atoms with E-state index >= 15 is 0 Å². The van der Waals surface area contributed by atoms with Gasteiger partial charge in [0, 0.05) is 18.9 Å². The molecular formula is C21H25N5O8. The van der Waals surface area contributed by atoms with Gasteiger partial charge in [0.15, 0.2) is 5.71 Å². The Morgan fingerprint density at radius 3 is 2.91 bits per heavy atom. The van der Waals surface area contributed by atoms with Gasteiger partial charge in [-0.05, 0) is 19.1 Å². The summed E-state index contributed by atoms with van der Waals surface area (Å²) in [5.74, 6) is -1.20. The van der Waals surface area contributed by atoms with Crippen molar-refractivity contribution in [1.82, 2.24) is 20.1 Å². The van der Waals surface area contributed by atoms with Crippen molar-refractivity contribution in [1.29, 1.82) is 0 Å². The van der Waals surface area contributed by atoms with Gasteiger partial charge in [-0.25, -0.2) is 9.59 Å². The van der Waals surface area contributed by atoms with E-state index in [1.807, 2.05) is 0 Å². The molecule has 2 aromatic rings. The number of nitrogens with one attached hydrogen (secondary N) is 1. The molecule has 0 aromatic carbocycles. The van der Waals surface area contributed by atoms with Crippen molar-refractivity contribution in [3.05, 3.63) is 42.0 Å². The van der Waals surface area contributed by atoms with Gasteiger partial charge in [-0.1, -0.05) is 5.16 Å². The van der Waals surface area contributed by atoms with Crippen LogP contribution in [0.4, 0.5) is 0 Å². The summed E-state index contributed by atoms with van der Waals surface area (Å²) in [6.07, 6.45) is 3.86. The van der Waals surface area contributed by atoms with Gasteiger partial charge in [-0.3, -0.25) is 14.9 Å². The van der Waals surface area contributed by atoms with Crippen LogP contribution >= 0.6 is 0 Å². The molecule has 3 heterocycles. The summed E-state index contributed by atoms with van der Waals surface area (Å²) in [6, 6.07) is 3.07. The number of morpholine rings is 1. The fourth-order valence-corrected chi connectivity index (χ4v) is 3.01. The number of aromatic amines is 1. The Bertz CT molecular complexity index is 1010. The van der Waals surface area contributed by atoms with Crippen LogP contribution in [0.5, 0.6) is 5.75 Å². The molecular weight excluding hydrogens is 450 g/mol. The van der Waals surface area contributed by atoms with Crippen LogP contribution in [0.1, 0.15) is 23.0 Å². The number of pyridine rings is 1. The first-order valence-corrected chi connectivity index (χ1v) is 10.4. The molecule has 13 nitrogen and oxygen atoms in total. The Morgan fingerprint density at radius 1 is 1.32 bits per heavy atom. The number of nitrogens with zero attached hydrogens (tertiary/aromatic N) is 4. The summed E-state index contributed by atoms with van der Waals surface area (Å²) in [5.41, 5.74) is 0.543. The SMILES string of the molecule is CCOC(=O)CO/N=C(/C(=O)N1CCOC(COc2cncc(C(=O)OC)c2)C1)c1ccn[nH]1. The molecule has 13 heteroatoms. The molecule has 1 unspecified atom stereocenters. The lowest BCUT2D eigenvalue weighted by Gasteiger charge is -2.32. The maximum Gasteiger partial charge on any atom is 0.347 e. The van der Waals surface area contributed by atoms with Gasteiger partial charge < -0.3 is 28.7 Å². The molecule has 1 atom stereocenters. The van der Waals surface area contributed by atoms with Gasteiger partial charge in [-0.15, -0.1) is 0 Å². The number of oxime groups is 1. The number of carbonyl (C=O) groups is 3. The summed E-state index contributed by atoms with van der Waals surface area (Å²) in [4.78, 5) is 46.8. The Hall–Kier alpha value is -4.00. The number of aromatic nitrogens is 3. The topological polar surface area (TPSA) is 155 Å². The van der Waals surface area contributed by atoms with E-state index in [9.17, 15) is 14.4 Å². The van der Waals surface area contributed by atoms with Gasteiger partial charge in [0.1, 0.15) is 18.5 Å². The van der Waals surface area contributed by atoms with Gasteiger partial charge in [0.05, 0.1) is 44.3 Å². The van der Waals surface area contributed by atoms with Crippen molar-refractivity contribution >= 4 is 23.6 Å². The van der Waals surface area contributed by atoms with Crippen LogP contribution in [0, 0.1) is 0 Å². The van der Waals surface area contributed by atoms with Crippen molar-refractivity contribution in [2.24, 2.45) is 5.16 Å². The second-order valence-corrected chi connectivity index (χ2v) is 6.94. The highest BCUT2D eigenvalue weighted by Crippen LogP contribution is 2.15. The molecule has 0 aliphatic carbocycles. The average molecular weight is 475 g/mol. The fourth-order valence-electron chi connectivity index (χ4n) is 3.01. The van der Waals surface area contributed by atoms with Gasteiger partial charge in [-0.2, -0.15) is 5.10 Å². The van der Waals surface area contributed by atoms with Gasteiger partial charge >= 0.3 is 11.9 Å². The molecule has 3 rings (SSSR count). The van der Waals surface area contributed by atoms with Crippen LogP contribution in [0.2, 0.25) is 0 Å². The first kappa shape index (κ1) is 24.6. The lowest BCUT2D eigenvalue weighted by atomic mass is 10.2. The Labute approximate surface area is 195 Å². The zero-order valence-corrected chi connectivity index (χ0v) is 18.8. The number of hydrogen-bond donors (Lipinski definition) is 1. The fraction of sp³-hybridized carbons (Fsp3) is 0.429. The van der Waals surface area contributed by atoms with E-state index in [0.717, 1.165) is 0 Å². The highest BCUT2D eigenvalue weighted by molar-refractivity contribution is 6.44. The third kappa shape index (κ3) is 6.75. The molecule has 1 aliphatic rings. The van der Waals surface area contributed by atoms with Crippen molar-refractivity contribution < 1.29 is 38.2 Å². The third-order valence-corrected chi connectivity index (χ3v) is 4.60. The van der Waals surface area contributed by atoms with E-state index in [0.29, 0.717) is 18.0 Å². The molecule has 0 spiro atoms. The molecule has 1 N–H and O–H groups in total. The summed E-state index contributed by atoms with van der Waals surface area (Å²) < 4.78 is 20.9. The normalized spacial score (nSPS) is 16.0. The first-order valence-electron chi connectivity index (χ1n) is 10.4. The van der Waals surface area contributed by atoms with Crippen LogP contribution < -0.4 is 4.74 Å². The number of esters is 2. The Kier molecular flexibility index (Phi) is 8.91. The first-order chi connectivity index (χ1) is 16.5. The predicted octanol–water partition coefficient (Wildman–Crippen LogP) is 0.182. The quantitative estimate of drug-likeness (QED) is 0.286. The number of ether oxygens (including phenoxy) is 4. The number of hydrogen-bond acceptors (Lipinski definition) is 11. The number of rotatable bonds is 10. The van der Waals surface area contributed by atoms with Crippen LogP contribution in [0.25, 0.3) is 0 Å². The lowest BCUT2D eigenvalue weighted by molar-refractivity contribution is -0.148. The van der Waals surface area contributed by atoms with E-state index in [1.54, 1.807) is 13.0 Å². The smallest absolute Gasteiger partial charge is 0.347 e. The molecule has 182 valence electrons. The average Bonchev–Trinajstić information content (AvgIpc) is 3.39. The lowest BCUT2D eigenvalue weighted by Crippen LogP contribution is -2.50. The van der Waals surface area contributed by atoms with Crippen LogP contribution in [0.15, 0.2) is 35.9 Å². The Morgan fingerprint density at radius 2 is 2.18 bits per heavy atom.